The van der Waals surface area contributed by atoms with Crippen molar-refractivity contribution in [1.82, 2.24) is 10.6 Å². The Bertz CT molecular complexity index is 518. The SMILES string of the molecule is CCCCCCCCCCCCCCCCCNCCCC(O)C(CCCO)NCCCCCCCCCCCCCCCC. The van der Waals surface area contributed by atoms with Crippen molar-refractivity contribution in [3.63, 3.8) is 0 Å². The summed E-state index contributed by atoms with van der Waals surface area (Å²) in [6, 6.07) is 0.120. The first-order chi connectivity index (χ1) is 22.3. The van der Waals surface area contributed by atoms with Crippen molar-refractivity contribution in [3.05, 3.63) is 0 Å². The van der Waals surface area contributed by atoms with Crippen LogP contribution in [0.15, 0.2) is 0 Å². The molecular weight excluding hydrogens is 552 g/mol. The minimum Gasteiger partial charge on any atom is -0.396 e. The number of aliphatic hydroxyl groups excluding tert-OH is 2. The van der Waals surface area contributed by atoms with Crippen LogP contribution in [0.1, 0.15) is 226 Å². The van der Waals surface area contributed by atoms with Crippen LogP contribution >= 0.6 is 0 Å². The number of aliphatic hydroxyl groups is 2. The Morgan fingerprint density at radius 3 is 1.09 bits per heavy atom. The lowest BCUT2D eigenvalue weighted by atomic mass is 10.0. The maximum atomic E-state index is 10.8. The summed E-state index contributed by atoms with van der Waals surface area (Å²) in [7, 11) is 0. The summed E-state index contributed by atoms with van der Waals surface area (Å²) in [6.45, 7) is 7.90. The van der Waals surface area contributed by atoms with E-state index in [-0.39, 0.29) is 18.8 Å². The van der Waals surface area contributed by atoms with Crippen molar-refractivity contribution in [1.29, 1.82) is 0 Å². The van der Waals surface area contributed by atoms with Crippen molar-refractivity contribution in [3.8, 4) is 0 Å². The minimum absolute atomic E-state index is 0.120. The number of hydrogen-bond donors (Lipinski definition) is 4. The van der Waals surface area contributed by atoms with Crippen LogP contribution in [0.3, 0.4) is 0 Å². The Kier molecular flexibility index (Phi) is 39.9. The molecule has 4 N–H and O–H groups in total. The van der Waals surface area contributed by atoms with Gasteiger partial charge in [0.25, 0.3) is 0 Å². The van der Waals surface area contributed by atoms with Gasteiger partial charge >= 0.3 is 0 Å². The van der Waals surface area contributed by atoms with Crippen molar-refractivity contribution >= 4 is 0 Å². The van der Waals surface area contributed by atoms with Gasteiger partial charge in [-0.15, -0.1) is 0 Å². The van der Waals surface area contributed by atoms with Crippen LogP contribution in [0.5, 0.6) is 0 Å². The molecule has 0 fully saturated rings. The van der Waals surface area contributed by atoms with Crippen LogP contribution < -0.4 is 10.6 Å². The normalized spacial score (nSPS) is 13.1. The van der Waals surface area contributed by atoms with E-state index >= 15 is 0 Å². The molecule has 4 heteroatoms. The number of hydrogen-bond acceptors (Lipinski definition) is 4. The highest BCUT2D eigenvalue weighted by Gasteiger charge is 2.17. The third kappa shape index (κ3) is 36.5. The predicted molar refractivity (Wildman–Crippen MR) is 201 cm³/mol. The Morgan fingerprint density at radius 2 is 0.711 bits per heavy atom. The zero-order valence-corrected chi connectivity index (χ0v) is 31.2. The van der Waals surface area contributed by atoms with Crippen LogP contribution in [-0.4, -0.2) is 48.6 Å². The Balaban J connectivity index is 3.54. The fourth-order valence-corrected chi connectivity index (χ4v) is 6.73. The van der Waals surface area contributed by atoms with E-state index in [1.54, 1.807) is 0 Å². The van der Waals surface area contributed by atoms with E-state index in [0.29, 0.717) is 0 Å². The van der Waals surface area contributed by atoms with Gasteiger partial charge in [0.15, 0.2) is 0 Å². The molecule has 0 aliphatic heterocycles. The smallest absolute Gasteiger partial charge is 0.0693 e. The first-order valence-electron chi connectivity index (χ1n) is 21.0. The van der Waals surface area contributed by atoms with Crippen LogP contribution in [0, 0.1) is 0 Å². The van der Waals surface area contributed by atoms with E-state index in [4.69, 9.17) is 0 Å². The zero-order chi connectivity index (χ0) is 32.7. The van der Waals surface area contributed by atoms with Crippen molar-refractivity contribution in [2.24, 2.45) is 0 Å². The molecule has 0 saturated heterocycles. The quantitative estimate of drug-likeness (QED) is 0.0504. The molecule has 0 saturated carbocycles. The predicted octanol–water partition coefficient (Wildman–Crippen LogP) is 11.8. The second-order valence-corrected chi connectivity index (χ2v) is 14.4. The molecule has 0 aromatic heterocycles. The zero-order valence-electron chi connectivity index (χ0n) is 31.2. The van der Waals surface area contributed by atoms with Gasteiger partial charge in [-0.05, 0) is 58.2 Å². The second-order valence-electron chi connectivity index (χ2n) is 14.4. The first kappa shape index (κ1) is 44.8. The van der Waals surface area contributed by atoms with Crippen LogP contribution in [-0.2, 0) is 0 Å². The summed E-state index contributed by atoms with van der Waals surface area (Å²) in [6.07, 6.45) is 43.8. The van der Waals surface area contributed by atoms with Crippen molar-refractivity contribution < 1.29 is 10.2 Å². The van der Waals surface area contributed by atoms with Gasteiger partial charge in [0.1, 0.15) is 0 Å². The lowest BCUT2D eigenvalue weighted by molar-refractivity contribution is 0.107. The fourth-order valence-electron chi connectivity index (χ4n) is 6.73. The monoisotopic (exact) mass is 639 g/mol. The number of rotatable bonds is 40. The number of unbranched alkanes of at least 4 members (excludes halogenated alkanes) is 27. The Labute approximate surface area is 284 Å². The van der Waals surface area contributed by atoms with E-state index in [1.165, 1.54) is 186 Å². The van der Waals surface area contributed by atoms with Gasteiger partial charge in [0, 0.05) is 12.6 Å². The third-order valence-corrected chi connectivity index (χ3v) is 9.89. The molecule has 0 heterocycles. The molecule has 0 aliphatic carbocycles. The second kappa shape index (κ2) is 40.0. The van der Waals surface area contributed by atoms with Crippen molar-refractivity contribution in [2.45, 2.75) is 238 Å². The Morgan fingerprint density at radius 1 is 0.378 bits per heavy atom. The average Bonchev–Trinajstić information content (AvgIpc) is 3.05. The van der Waals surface area contributed by atoms with Gasteiger partial charge in [-0.3, -0.25) is 0 Å². The third-order valence-electron chi connectivity index (χ3n) is 9.89. The summed E-state index contributed by atoms with van der Waals surface area (Å²) < 4.78 is 0. The molecule has 2 unspecified atom stereocenters. The first-order valence-corrected chi connectivity index (χ1v) is 21.0. The van der Waals surface area contributed by atoms with Gasteiger partial charge in [0.05, 0.1) is 6.10 Å². The largest absolute Gasteiger partial charge is 0.396 e. The minimum atomic E-state index is -0.309. The molecule has 4 nitrogen and oxygen atoms in total. The van der Waals surface area contributed by atoms with Gasteiger partial charge < -0.3 is 20.8 Å². The molecule has 0 amide bonds. The lowest BCUT2D eigenvalue weighted by Crippen LogP contribution is -2.41. The molecule has 0 rings (SSSR count). The lowest BCUT2D eigenvalue weighted by Gasteiger charge is -2.24. The topological polar surface area (TPSA) is 64.5 Å². The van der Waals surface area contributed by atoms with Crippen molar-refractivity contribution in [2.75, 3.05) is 26.2 Å². The molecule has 0 spiro atoms. The highest BCUT2D eigenvalue weighted by atomic mass is 16.3. The summed E-state index contributed by atoms with van der Waals surface area (Å²) in [5, 5.41) is 27.4. The van der Waals surface area contributed by atoms with Crippen LogP contribution in [0.25, 0.3) is 0 Å². The summed E-state index contributed by atoms with van der Waals surface area (Å²) in [5.41, 5.74) is 0. The molecule has 272 valence electrons. The molecule has 0 aromatic rings. The molecule has 45 heavy (non-hydrogen) atoms. The van der Waals surface area contributed by atoms with E-state index in [0.717, 1.165) is 45.3 Å². The summed E-state index contributed by atoms with van der Waals surface area (Å²) in [4.78, 5) is 0. The highest BCUT2D eigenvalue weighted by molar-refractivity contribution is 4.76. The van der Waals surface area contributed by atoms with E-state index in [2.05, 4.69) is 24.5 Å². The molecule has 0 aliphatic rings. The summed E-state index contributed by atoms with van der Waals surface area (Å²) in [5.74, 6) is 0. The van der Waals surface area contributed by atoms with Crippen LogP contribution in [0.4, 0.5) is 0 Å². The molecule has 0 aromatic carbocycles. The molecular formula is C41H86N2O2. The molecule has 2 atom stereocenters. The van der Waals surface area contributed by atoms with E-state index in [9.17, 15) is 10.2 Å². The van der Waals surface area contributed by atoms with Gasteiger partial charge in [-0.1, -0.05) is 187 Å². The van der Waals surface area contributed by atoms with E-state index < -0.39 is 0 Å². The maximum absolute atomic E-state index is 10.8. The van der Waals surface area contributed by atoms with Gasteiger partial charge in [-0.2, -0.15) is 0 Å². The summed E-state index contributed by atoms with van der Waals surface area (Å²) >= 11 is 0. The fraction of sp³-hybridized carbons (Fsp3) is 1.00. The number of nitrogens with one attached hydrogen (secondary N) is 2. The highest BCUT2D eigenvalue weighted by Crippen LogP contribution is 2.15. The van der Waals surface area contributed by atoms with Crippen LogP contribution in [0.2, 0.25) is 0 Å². The van der Waals surface area contributed by atoms with Gasteiger partial charge in [-0.25, -0.2) is 0 Å². The maximum Gasteiger partial charge on any atom is 0.0693 e. The van der Waals surface area contributed by atoms with E-state index in [1.807, 2.05) is 0 Å². The molecule has 0 radical (unpaired) electrons. The molecule has 0 bridgehead atoms. The average molecular weight is 639 g/mol. The van der Waals surface area contributed by atoms with Gasteiger partial charge in [0.2, 0.25) is 0 Å². The Hall–Kier alpha value is -0.160. The standard InChI is InChI=1S/C41H86N2O2/c1-3-5-7-9-11-13-15-17-19-20-22-24-26-28-30-36-42-37-32-35-41(45)40(34-33-39-44)43-38-31-29-27-25-23-21-18-16-14-12-10-8-6-4-2/h40-45H,3-39H2,1-2H3.